The third-order valence-corrected chi connectivity index (χ3v) is 3.74. The number of rotatable bonds is 6. The van der Waals surface area contributed by atoms with Gasteiger partial charge in [0.2, 0.25) is 5.89 Å². The first kappa shape index (κ1) is 14.1. The average molecular weight is 277 g/mol. The van der Waals surface area contributed by atoms with Crippen molar-refractivity contribution in [2.45, 2.75) is 37.3 Å². The molecule has 2 N–H and O–H groups in total. The highest BCUT2D eigenvalue weighted by Gasteiger charge is 2.15. The fraction of sp³-hybridized carbons (Fsp3) is 0.429. The minimum absolute atomic E-state index is 0.243. The maximum absolute atomic E-state index is 6.09. The summed E-state index contributed by atoms with van der Waals surface area (Å²) in [6.45, 7) is 4.29. The second kappa shape index (κ2) is 6.73. The summed E-state index contributed by atoms with van der Waals surface area (Å²) in [5.74, 6) is 2.00. The van der Waals surface area contributed by atoms with Gasteiger partial charge < -0.3 is 10.3 Å². The molecule has 0 spiro atoms. The Morgan fingerprint density at radius 3 is 2.68 bits per heavy atom. The Balaban J connectivity index is 1.94. The Morgan fingerprint density at radius 1 is 1.26 bits per heavy atom. The zero-order valence-corrected chi connectivity index (χ0v) is 12.1. The smallest absolute Gasteiger partial charge is 0.243 e. The lowest BCUT2D eigenvalue weighted by molar-refractivity contribution is 0.351. The highest BCUT2D eigenvalue weighted by atomic mass is 32.2. The molecule has 2 rings (SSSR count). The van der Waals surface area contributed by atoms with E-state index in [1.807, 2.05) is 30.3 Å². The van der Waals surface area contributed by atoms with Gasteiger partial charge in [0.15, 0.2) is 5.82 Å². The van der Waals surface area contributed by atoms with Gasteiger partial charge in [0, 0.05) is 0 Å². The van der Waals surface area contributed by atoms with Crippen molar-refractivity contribution in [3.8, 4) is 0 Å². The zero-order chi connectivity index (χ0) is 13.7. The lowest BCUT2D eigenvalue weighted by atomic mass is 10.1. The molecule has 1 aromatic carbocycles. The fourth-order valence-electron chi connectivity index (χ4n) is 1.67. The van der Waals surface area contributed by atoms with Crippen molar-refractivity contribution in [3.63, 3.8) is 0 Å². The topological polar surface area (TPSA) is 64.9 Å². The maximum Gasteiger partial charge on any atom is 0.243 e. The molecule has 1 atom stereocenters. The van der Waals surface area contributed by atoms with Gasteiger partial charge in [0.1, 0.15) is 0 Å². The molecule has 19 heavy (non-hydrogen) atoms. The minimum atomic E-state index is -0.243. The van der Waals surface area contributed by atoms with E-state index in [1.54, 1.807) is 11.8 Å². The lowest BCUT2D eigenvalue weighted by Crippen LogP contribution is -2.13. The Morgan fingerprint density at radius 2 is 2.00 bits per heavy atom. The van der Waals surface area contributed by atoms with E-state index in [1.165, 1.54) is 5.56 Å². The van der Waals surface area contributed by atoms with Crippen LogP contribution < -0.4 is 5.73 Å². The van der Waals surface area contributed by atoms with Crippen molar-refractivity contribution in [1.82, 2.24) is 10.1 Å². The van der Waals surface area contributed by atoms with Crippen molar-refractivity contribution in [3.05, 3.63) is 47.6 Å². The fourth-order valence-corrected chi connectivity index (χ4v) is 2.27. The summed E-state index contributed by atoms with van der Waals surface area (Å²) in [5, 5.41) is 4.52. The largest absolute Gasteiger partial charge is 0.338 e. The molecular formula is C14H19N3OS. The summed E-state index contributed by atoms with van der Waals surface area (Å²) in [6.07, 6.45) is 0.708. The van der Waals surface area contributed by atoms with Gasteiger partial charge in [0.25, 0.3) is 0 Å². The molecule has 4 nitrogen and oxygen atoms in total. The second-order valence-electron chi connectivity index (χ2n) is 4.70. The predicted octanol–water partition coefficient (Wildman–Crippen LogP) is 2.95. The standard InChI is InChI=1S/C14H19N3OS/c1-10(2)19-9-13-16-14(18-17-13)12(15)8-11-6-4-3-5-7-11/h3-7,10,12H,8-9,15H2,1-2H3/t12-/m0/s1. The van der Waals surface area contributed by atoms with Crippen molar-refractivity contribution in [2.24, 2.45) is 5.73 Å². The van der Waals surface area contributed by atoms with Crippen LogP contribution in [0.4, 0.5) is 0 Å². The third-order valence-electron chi connectivity index (χ3n) is 2.65. The van der Waals surface area contributed by atoms with Crippen molar-refractivity contribution in [2.75, 3.05) is 0 Å². The number of thioether (sulfide) groups is 1. The van der Waals surface area contributed by atoms with Gasteiger partial charge in [-0.05, 0) is 17.2 Å². The number of hydrogen-bond acceptors (Lipinski definition) is 5. The molecule has 0 saturated carbocycles. The van der Waals surface area contributed by atoms with Crippen molar-refractivity contribution in [1.29, 1.82) is 0 Å². The number of nitrogens with zero attached hydrogens (tertiary/aromatic N) is 2. The van der Waals surface area contributed by atoms with E-state index >= 15 is 0 Å². The van der Waals surface area contributed by atoms with Gasteiger partial charge >= 0.3 is 0 Å². The summed E-state index contributed by atoms with van der Waals surface area (Å²) >= 11 is 1.79. The van der Waals surface area contributed by atoms with E-state index in [2.05, 4.69) is 24.0 Å². The number of hydrogen-bond donors (Lipinski definition) is 1. The Bertz CT molecular complexity index is 498. The highest BCUT2D eigenvalue weighted by Crippen LogP contribution is 2.18. The van der Waals surface area contributed by atoms with E-state index in [-0.39, 0.29) is 6.04 Å². The molecule has 0 aliphatic rings. The Labute approximate surface area is 117 Å². The van der Waals surface area contributed by atoms with E-state index < -0.39 is 0 Å². The molecule has 0 radical (unpaired) electrons. The molecule has 102 valence electrons. The van der Waals surface area contributed by atoms with Gasteiger partial charge in [-0.15, -0.1) is 0 Å². The van der Waals surface area contributed by atoms with Gasteiger partial charge in [-0.2, -0.15) is 16.7 Å². The molecule has 0 fully saturated rings. The number of nitrogens with two attached hydrogens (primary N) is 1. The Kier molecular flexibility index (Phi) is 4.99. The van der Waals surface area contributed by atoms with Crippen LogP contribution >= 0.6 is 11.8 Å². The molecule has 1 heterocycles. The second-order valence-corrected chi connectivity index (χ2v) is 6.27. The van der Waals surface area contributed by atoms with Crippen LogP contribution in [0.5, 0.6) is 0 Å². The molecule has 0 amide bonds. The maximum atomic E-state index is 6.09. The molecular weight excluding hydrogens is 258 g/mol. The van der Waals surface area contributed by atoms with Crippen molar-refractivity contribution >= 4 is 11.8 Å². The highest BCUT2D eigenvalue weighted by molar-refractivity contribution is 7.99. The summed E-state index contributed by atoms with van der Waals surface area (Å²) in [7, 11) is 0. The van der Waals surface area contributed by atoms with Gasteiger partial charge in [-0.1, -0.05) is 49.3 Å². The van der Waals surface area contributed by atoms with Gasteiger partial charge in [-0.3, -0.25) is 0 Å². The number of aromatic nitrogens is 2. The first-order valence-electron chi connectivity index (χ1n) is 6.38. The van der Waals surface area contributed by atoms with Crippen LogP contribution in [-0.4, -0.2) is 15.4 Å². The molecule has 0 aliphatic carbocycles. The van der Waals surface area contributed by atoms with E-state index in [9.17, 15) is 0 Å². The normalized spacial score (nSPS) is 12.8. The van der Waals surface area contributed by atoms with Crippen LogP contribution in [0.1, 0.15) is 37.2 Å². The zero-order valence-electron chi connectivity index (χ0n) is 11.2. The van der Waals surface area contributed by atoms with E-state index in [0.717, 1.165) is 11.6 Å². The van der Waals surface area contributed by atoms with Crippen LogP contribution in [0.2, 0.25) is 0 Å². The summed E-state index contributed by atoms with van der Waals surface area (Å²) < 4.78 is 5.23. The summed E-state index contributed by atoms with van der Waals surface area (Å²) in [6, 6.07) is 9.84. The Hall–Kier alpha value is -1.33. The first-order valence-corrected chi connectivity index (χ1v) is 7.43. The molecule has 1 aromatic heterocycles. The monoisotopic (exact) mass is 277 g/mol. The van der Waals surface area contributed by atoms with Crippen LogP contribution in [0.15, 0.2) is 34.9 Å². The average Bonchev–Trinajstić information content (AvgIpc) is 2.86. The van der Waals surface area contributed by atoms with Crippen LogP contribution in [0, 0.1) is 0 Å². The van der Waals surface area contributed by atoms with E-state index in [0.29, 0.717) is 17.6 Å². The van der Waals surface area contributed by atoms with Crippen LogP contribution in [0.3, 0.4) is 0 Å². The molecule has 0 aliphatic heterocycles. The van der Waals surface area contributed by atoms with Gasteiger partial charge in [0.05, 0.1) is 11.8 Å². The molecule has 0 bridgehead atoms. The minimum Gasteiger partial charge on any atom is -0.338 e. The predicted molar refractivity (Wildman–Crippen MR) is 77.8 cm³/mol. The molecule has 0 unspecified atom stereocenters. The first-order chi connectivity index (χ1) is 9.15. The third kappa shape index (κ3) is 4.36. The lowest BCUT2D eigenvalue weighted by Gasteiger charge is -2.06. The van der Waals surface area contributed by atoms with Gasteiger partial charge in [-0.25, -0.2) is 0 Å². The number of benzene rings is 1. The SMILES string of the molecule is CC(C)SCc1noc([C@@H](N)Cc2ccccc2)n1. The van der Waals surface area contributed by atoms with E-state index in [4.69, 9.17) is 10.3 Å². The quantitative estimate of drug-likeness (QED) is 0.879. The molecule has 5 heteroatoms. The van der Waals surface area contributed by atoms with Crippen molar-refractivity contribution < 1.29 is 4.52 Å². The summed E-state index contributed by atoms with van der Waals surface area (Å²) in [4.78, 5) is 4.35. The van der Waals surface area contributed by atoms with Crippen LogP contribution in [0.25, 0.3) is 0 Å². The van der Waals surface area contributed by atoms with Crippen LogP contribution in [-0.2, 0) is 12.2 Å². The molecule has 0 saturated heterocycles. The summed E-state index contributed by atoms with van der Waals surface area (Å²) in [5.41, 5.74) is 7.27. The molecule has 2 aromatic rings.